The lowest BCUT2D eigenvalue weighted by Crippen LogP contribution is -2.38. The molecule has 1 aromatic heterocycles. The zero-order valence-electron chi connectivity index (χ0n) is 19.1. The van der Waals surface area contributed by atoms with E-state index < -0.39 is 0 Å². The average Bonchev–Trinajstić information content (AvgIpc) is 3.15. The van der Waals surface area contributed by atoms with Gasteiger partial charge in [0, 0.05) is 23.8 Å². The van der Waals surface area contributed by atoms with Gasteiger partial charge in [0.2, 0.25) is 5.89 Å². The van der Waals surface area contributed by atoms with Crippen LogP contribution in [0, 0.1) is 6.92 Å². The zero-order chi connectivity index (χ0) is 22.2. The van der Waals surface area contributed by atoms with E-state index in [1.54, 1.807) is 26.0 Å². The number of benzene rings is 1. The zero-order valence-corrected chi connectivity index (χ0v) is 19.9. The summed E-state index contributed by atoms with van der Waals surface area (Å²) in [7, 11) is 3.21. The molecule has 0 bridgehead atoms. The predicted octanol–water partition coefficient (Wildman–Crippen LogP) is 5.12. The van der Waals surface area contributed by atoms with Crippen molar-refractivity contribution < 1.29 is 18.7 Å². The molecule has 0 aliphatic carbocycles. The van der Waals surface area contributed by atoms with Crippen molar-refractivity contribution in [2.75, 3.05) is 33.1 Å². The summed E-state index contributed by atoms with van der Waals surface area (Å²) >= 11 is 1.61. The number of carbonyl (C=O) groups is 1. The van der Waals surface area contributed by atoms with Gasteiger partial charge in [-0.2, -0.15) is 0 Å². The van der Waals surface area contributed by atoms with E-state index in [4.69, 9.17) is 13.9 Å². The van der Waals surface area contributed by atoms with Crippen molar-refractivity contribution in [3.63, 3.8) is 0 Å². The van der Waals surface area contributed by atoms with Gasteiger partial charge in [-0.15, -0.1) is 11.8 Å². The van der Waals surface area contributed by atoms with Crippen molar-refractivity contribution in [3.05, 3.63) is 29.7 Å². The molecule has 0 amide bonds. The fourth-order valence-corrected chi connectivity index (χ4v) is 4.89. The number of oxazole rings is 1. The van der Waals surface area contributed by atoms with Crippen molar-refractivity contribution >= 4 is 17.5 Å². The minimum absolute atomic E-state index is 0.316. The lowest BCUT2D eigenvalue weighted by Gasteiger charge is -2.33. The highest BCUT2D eigenvalue weighted by Gasteiger charge is 2.18. The fraction of sp³-hybridized carbons (Fsp3) is 0.583. The lowest BCUT2D eigenvalue weighted by molar-refractivity contribution is -0.116. The molecule has 1 unspecified atom stereocenters. The number of piperidine rings is 1. The summed E-state index contributed by atoms with van der Waals surface area (Å²) in [5.74, 6) is 4.14. The highest BCUT2D eigenvalue weighted by molar-refractivity contribution is 7.99. The Kier molecular flexibility index (Phi) is 8.84. The van der Waals surface area contributed by atoms with Crippen molar-refractivity contribution in [2.45, 2.75) is 57.7 Å². The second-order valence-corrected chi connectivity index (χ2v) is 9.09. The second-order valence-electron chi connectivity index (χ2n) is 8.11. The van der Waals surface area contributed by atoms with Crippen molar-refractivity contribution in [3.8, 4) is 23.0 Å². The van der Waals surface area contributed by atoms with Crippen molar-refractivity contribution in [1.29, 1.82) is 0 Å². The standard InChI is InChI=1S/C24H34N2O4S/c1-17-8-5-6-12-26(17)13-7-9-20(27)15-31-16-21-18(2)30-24(25-21)19-10-11-22(28-3)23(14-19)29-4/h10-11,14,17H,5-9,12-13,15-16H2,1-4H3. The highest BCUT2D eigenvalue weighted by atomic mass is 32.2. The van der Waals surface area contributed by atoms with E-state index in [0.717, 1.165) is 30.0 Å². The summed E-state index contributed by atoms with van der Waals surface area (Å²) in [6, 6.07) is 6.25. The summed E-state index contributed by atoms with van der Waals surface area (Å²) in [6.07, 6.45) is 5.52. The third-order valence-corrected chi connectivity index (χ3v) is 6.87. The Labute approximate surface area is 189 Å². The van der Waals surface area contributed by atoms with Gasteiger partial charge in [-0.25, -0.2) is 4.98 Å². The molecule has 0 N–H and O–H groups in total. The number of Topliss-reactive ketones (excluding diaryl/α,β-unsaturated/α-hetero) is 1. The van der Waals surface area contributed by atoms with E-state index in [0.29, 0.717) is 47.1 Å². The lowest BCUT2D eigenvalue weighted by atomic mass is 10.0. The van der Waals surface area contributed by atoms with Crippen LogP contribution >= 0.6 is 11.8 Å². The SMILES string of the molecule is COc1ccc(-c2nc(CSCC(=O)CCCN3CCCCC3C)c(C)o2)cc1OC. The maximum absolute atomic E-state index is 12.3. The van der Waals surface area contributed by atoms with Crippen LogP contribution in [0.25, 0.3) is 11.5 Å². The maximum atomic E-state index is 12.3. The van der Waals surface area contributed by atoms with Crippen molar-refractivity contribution in [1.82, 2.24) is 9.88 Å². The van der Waals surface area contributed by atoms with E-state index in [1.807, 2.05) is 25.1 Å². The largest absolute Gasteiger partial charge is 0.493 e. The van der Waals surface area contributed by atoms with Gasteiger partial charge in [0.05, 0.1) is 25.7 Å². The number of nitrogens with zero attached hydrogens (tertiary/aromatic N) is 2. The number of aryl methyl sites for hydroxylation is 1. The Hall–Kier alpha value is -1.99. The molecule has 1 aliphatic rings. The Morgan fingerprint density at radius 3 is 2.81 bits per heavy atom. The number of likely N-dealkylation sites (tertiary alicyclic amines) is 1. The number of ether oxygens (including phenoxy) is 2. The molecule has 6 nitrogen and oxygen atoms in total. The third kappa shape index (κ3) is 6.50. The number of hydrogen-bond donors (Lipinski definition) is 0. The third-order valence-electron chi connectivity index (χ3n) is 5.87. The molecular formula is C24H34N2O4S. The van der Waals surface area contributed by atoms with Gasteiger partial charge in [-0.1, -0.05) is 6.42 Å². The Bertz CT molecular complexity index is 867. The van der Waals surface area contributed by atoms with Crippen LogP contribution in [0.4, 0.5) is 0 Å². The van der Waals surface area contributed by atoms with Crippen LogP contribution in [0.1, 0.15) is 50.5 Å². The highest BCUT2D eigenvalue weighted by Crippen LogP contribution is 2.33. The number of hydrogen-bond acceptors (Lipinski definition) is 7. The van der Waals surface area contributed by atoms with Gasteiger partial charge in [0.15, 0.2) is 11.5 Å². The topological polar surface area (TPSA) is 64.8 Å². The summed E-state index contributed by atoms with van der Waals surface area (Å²) in [4.78, 5) is 19.5. The van der Waals surface area contributed by atoms with Gasteiger partial charge in [-0.3, -0.25) is 4.79 Å². The van der Waals surface area contributed by atoms with E-state index in [9.17, 15) is 4.79 Å². The summed E-state index contributed by atoms with van der Waals surface area (Å²) in [5, 5.41) is 0. The van der Waals surface area contributed by atoms with E-state index in [2.05, 4.69) is 16.8 Å². The first-order chi connectivity index (χ1) is 15.0. The molecule has 1 aliphatic heterocycles. The molecule has 1 fully saturated rings. The molecule has 1 atom stereocenters. The van der Waals surface area contributed by atoms with Gasteiger partial charge in [-0.05, 0) is 64.4 Å². The van der Waals surface area contributed by atoms with E-state index in [-0.39, 0.29) is 0 Å². The smallest absolute Gasteiger partial charge is 0.226 e. The predicted molar refractivity (Wildman–Crippen MR) is 125 cm³/mol. The summed E-state index contributed by atoms with van der Waals surface area (Å²) < 4.78 is 16.5. The average molecular weight is 447 g/mol. The van der Waals surface area contributed by atoms with Gasteiger partial charge in [0.25, 0.3) is 0 Å². The molecule has 0 radical (unpaired) electrons. The van der Waals surface area contributed by atoms with Crippen LogP contribution in [-0.2, 0) is 10.5 Å². The van der Waals surface area contributed by atoms with Crippen LogP contribution in [0.2, 0.25) is 0 Å². The minimum Gasteiger partial charge on any atom is -0.493 e. The van der Waals surface area contributed by atoms with Crippen LogP contribution in [0.3, 0.4) is 0 Å². The van der Waals surface area contributed by atoms with Crippen LogP contribution < -0.4 is 9.47 Å². The first-order valence-corrected chi connectivity index (χ1v) is 12.2. The molecular weight excluding hydrogens is 412 g/mol. The Balaban J connectivity index is 1.46. The maximum Gasteiger partial charge on any atom is 0.226 e. The molecule has 0 spiro atoms. The van der Waals surface area contributed by atoms with Gasteiger partial charge < -0.3 is 18.8 Å². The van der Waals surface area contributed by atoms with Crippen LogP contribution in [0.5, 0.6) is 11.5 Å². The van der Waals surface area contributed by atoms with Crippen molar-refractivity contribution in [2.24, 2.45) is 0 Å². The molecule has 2 aromatic rings. The number of ketones is 1. The van der Waals surface area contributed by atoms with E-state index >= 15 is 0 Å². The van der Waals surface area contributed by atoms with Gasteiger partial charge in [0.1, 0.15) is 11.5 Å². The molecule has 2 heterocycles. The molecule has 170 valence electrons. The number of methoxy groups -OCH3 is 2. The monoisotopic (exact) mass is 446 g/mol. The molecule has 1 aromatic carbocycles. The van der Waals surface area contributed by atoms with E-state index in [1.165, 1.54) is 25.8 Å². The number of carbonyl (C=O) groups excluding carboxylic acids is 1. The minimum atomic E-state index is 0.316. The fourth-order valence-electron chi connectivity index (χ4n) is 3.96. The molecule has 1 saturated heterocycles. The first kappa shape index (κ1) is 23.7. The summed E-state index contributed by atoms with van der Waals surface area (Å²) in [6.45, 7) is 6.43. The van der Waals surface area contributed by atoms with Crippen LogP contribution in [0.15, 0.2) is 22.6 Å². The van der Waals surface area contributed by atoms with Crippen LogP contribution in [-0.4, -0.2) is 54.8 Å². The quantitative estimate of drug-likeness (QED) is 0.474. The molecule has 3 rings (SSSR count). The molecule has 31 heavy (non-hydrogen) atoms. The number of thioether (sulfide) groups is 1. The number of rotatable bonds is 11. The Morgan fingerprint density at radius 1 is 1.26 bits per heavy atom. The Morgan fingerprint density at radius 2 is 2.06 bits per heavy atom. The van der Waals surface area contributed by atoms with Gasteiger partial charge >= 0.3 is 0 Å². The molecule has 7 heteroatoms. The normalized spacial score (nSPS) is 17.0. The summed E-state index contributed by atoms with van der Waals surface area (Å²) in [5.41, 5.74) is 1.71. The first-order valence-electron chi connectivity index (χ1n) is 11.0. The second kappa shape index (κ2) is 11.6. The molecule has 0 saturated carbocycles. The number of aromatic nitrogens is 1.